The highest BCUT2D eigenvalue weighted by Gasteiger charge is 2.51. The molecule has 0 saturated carbocycles. The van der Waals surface area contributed by atoms with E-state index in [4.69, 9.17) is 14.1 Å². The molecule has 2 aliphatic heterocycles. The van der Waals surface area contributed by atoms with Crippen molar-refractivity contribution >= 4 is 8.32 Å². The average Bonchev–Trinajstić information content (AvgIpc) is 3.21. The van der Waals surface area contributed by atoms with Crippen LogP contribution >= 0.6 is 0 Å². The zero-order chi connectivity index (χ0) is 19.7. The van der Waals surface area contributed by atoms with Crippen LogP contribution in [0, 0.1) is 5.92 Å². The fraction of sp³-hybridized carbons (Fsp3) is 0.455. The highest BCUT2D eigenvalue weighted by atomic mass is 28.4. The molecule has 2 aromatic rings. The van der Waals surface area contributed by atoms with Crippen LogP contribution in [0.25, 0.3) is 0 Å². The Morgan fingerprint density at radius 1 is 1.04 bits per heavy atom. The van der Waals surface area contributed by atoms with Crippen molar-refractivity contribution in [3.05, 3.63) is 65.7 Å². The van der Waals surface area contributed by atoms with E-state index in [0.717, 1.165) is 18.8 Å². The summed E-state index contributed by atoms with van der Waals surface area (Å²) in [7, 11) is -0.0561. The summed E-state index contributed by atoms with van der Waals surface area (Å²) in [5.74, 6) is 1.32. The van der Waals surface area contributed by atoms with Crippen molar-refractivity contribution in [2.45, 2.75) is 38.3 Å². The van der Waals surface area contributed by atoms with Gasteiger partial charge in [0.1, 0.15) is 5.75 Å². The van der Waals surface area contributed by atoms with E-state index >= 15 is 0 Å². The number of likely N-dealkylation sites (tertiary alicyclic amines) is 1. The molecule has 5 nitrogen and oxygen atoms in total. The molecule has 2 saturated heterocycles. The van der Waals surface area contributed by atoms with Crippen molar-refractivity contribution in [1.82, 2.24) is 10.1 Å². The van der Waals surface area contributed by atoms with Gasteiger partial charge in [0.25, 0.3) is 0 Å². The fourth-order valence-electron chi connectivity index (χ4n) is 4.24. The summed E-state index contributed by atoms with van der Waals surface area (Å²) in [5.41, 5.74) is 2.61. The molecule has 0 radical (unpaired) electrons. The molecule has 0 aromatic heterocycles. The Kier molecular flexibility index (Phi) is 5.58. The summed E-state index contributed by atoms with van der Waals surface area (Å²) in [6.45, 7) is 9.23. The second-order valence-electron chi connectivity index (χ2n) is 8.67. The Labute approximate surface area is 168 Å². The van der Waals surface area contributed by atoms with E-state index in [2.05, 4.69) is 67.0 Å². The maximum absolute atomic E-state index is 6.31. The monoisotopic (exact) mass is 398 g/mol. The van der Waals surface area contributed by atoms with Gasteiger partial charge in [-0.05, 0) is 42.9 Å². The molecule has 2 fully saturated rings. The number of hydrogen-bond acceptors (Lipinski definition) is 5. The summed E-state index contributed by atoms with van der Waals surface area (Å²) in [6, 6.07) is 19.5. The first-order chi connectivity index (χ1) is 13.4. The molecule has 0 bridgehead atoms. The zero-order valence-corrected chi connectivity index (χ0v) is 18.2. The second-order valence-corrected chi connectivity index (χ2v) is 13.1. The van der Waals surface area contributed by atoms with Gasteiger partial charge in [-0.1, -0.05) is 47.7 Å². The molecule has 0 aliphatic carbocycles. The predicted octanol–water partition coefficient (Wildman–Crippen LogP) is 4.25. The number of benzene rings is 2. The van der Waals surface area contributed by atoms with Crippen molar-refractivity contribution in [2.24, 2.45) is 5.92 Å². The summed E-state index contributed by atoms with van der Waals surface area (Å²) in [4.78, 5) is 8.55. The number of methoxy groups -OCH3 is 1. The first-order valence-electron chi connectivity index (χ1n) is 9.98. The van der Waals surface area contributed by atoms with Crippen molar-refractivity contribution in [3.8, 4) is 5.75 Å². The number of hydrogen-bond donors (Lipinski definition) is 0. The predicted molar refractivity (Wildman–Crippen MR) is 112 cm³/mol. The van der Waals surface area contributed by atoms with Gasteiger partial charge in [0.2, 0.25) is 8.32 Å². The molecule has 2 aliphatic rings. The Morgan fingerprint density at radius 2 is 1.75 bits per heavy atom. The molecule has 0 N–H and O–H groups in total. The van der Waals surface area contributed by atoms with E-state index in [1.807, 2.05) is 17.4 Å². The number of hydroxylamine groups is 2. The lowest BCUT2D eigenvalue weighted by Gasteiger charge is -2.34. The molecule has 0 spiro atoms. The third kappa shape index (κ3) is 4.16. The van der Waals surface area contributed by atoms with Gasteiger partial charge in [0, 0.05) is 19.0 Å². The van der Waals surface area contributed by atoms with Gasteiger partial charge in [-0.3, -0.25) is 9.74 Å². The van der Waals surface area contributed by atoms with Gasteiger partial charge in [-0.25, -0.2) is 0 Å². The third-order valence-electron chi connectivity index (χ3n) is 5.38. The SMILES string of the molecule is COc1ccc([C@H]2C3[C@H](CON3O[Si](C)(C)C)CN2Cc2ccccc2)cc1. The Bertz CT molecular complexity index is 779. The molecule has 3 atom stereocenters. The lowest BCUT2D eigenvalue weighted by molar-refractivity contribution is -0.316. The molecule has 6 heteroatoms. The quantitative estimate of drug-likeness (QED) is 0.680. The standard InChI is InChI=1S/C22H30N2O3Si/c1-25-20-12-10-18(11-13-20)21-22-19(16-26-24(22)27-28(2,3)4)15-23(21)14-17-8-6-5-7-9-17/h5-13,19,21-22H,14-16H2,1-4H3/t19-,21-,22?/m0/s1. The van der Waals surface area contributed by atoms with E-state index in [0.29, 0.717) is 12.5 Å². The maximum Gasteiger partial charge on any atom is 0.215 e. The topological polar surface area (TPSA) is 34.2 Å². The lowest BCUT2D eigenvalue weighted by Crippen LogP contribution is -2.43. The molecule has 0 amide bonds. The summed E-state index contributed by atoms with van der Waals surface area (Å²) in [6.07, 6.45) is 0. The minimum Gasteiger partial charge on any atom is -0.497 e. The second kappa shape index (κ2) is 7.97. The van der Waals surface area contributed by atoms with Crippen LogP contribution < -0.4 is 4.74 Å². The number of fused-ring (bicyclic) bond motifs is 1. The minimum atomic E-state index is -1.76. The average molecular weight is 399 g/mol. The van der Waals surface area contributed by atoms with Crippen molar-refractivity contribution in [1.29, 1.82) is 0 Å². The van der Waals surface area contributed by atoms with Gasteiger partial charge in [-0.15, -0.1) is 0 Å². The zero-order valence-electron chi connectivity index (χ0n) is 17.2. The summed E-state index contributed by atoms with van der Waals surface area (Å²) in [5, 5.41) is 1.83. The van der Waals surface area contributed by atoms with Gasteiger partial charge < -0.3 is 9.26 Å². The number of ether oxygens (including phenoxy) is 1. The van der Waals surface area contributed by atoms with Crippen LogP contribution in [-0.4, -0.2) is 44.7 Å². The molecule has 2 heterocycles. The smallest absolute Gasteiger partial charge is 0.215 e. The van der Waals surface area contributed by atoms with Crippen LogP contribution in [0.4, 0.5) is 0 Å². The fourth-order valence-corrected chi connectivity index (χ4v) is 4.95. The van der Waals surface area contributed by atoms with Gasteiger partial charge in [0.05, 0.1) is 25.8 Å². The molecule has 4 rings (SSSR count). The maximum atomic E-state index is 6.31. The van der Waals surface area contributed by atoms with Crippen LogP contribution in [0.3, 0.4) is 0 Å². The summed E-state index contributed by atoms with van der Waals surface area (Å²) < 4.78 is 11.7. The van der Waals surface area contributed by atoms with Gasteiger partial charge in [0.15, 0.2) is 0 Å². The van der Waals surface area contributed by atoms with Crippen LogP contribution in [0.15, 0.2) is 54.6 Å². The largest absolute Gasteiger partial charge is 0.497 e. The normalized spacial score (nSPS) is 25.8. The van der Waals surface area contributed by atoms with Crippen LogP contribution in [-0.2, 0) is 15.9 Å². The highest BCUT2D eigenvalue weighted by molar-refractivity contribution is 6.69. The van der Waals surface area contributed by atoms with Gasteiger partial charge >= 0.3 is 0 Å². The Balaban J connectivity index is 1.64. The summed E-state index contributed by atoms with van der Waals surface area (Å²) >= 11 is 0. The van der Waals surface area contributed by atoms with Crippen molar-refractivity contribution in [2.75, 3.05) is 20.3 Å². The molecule has 150 valence electrons. The van der Waals surface area contributed by atoms with E-state index in [9.17, 15) is 0 Å². The number of rotatable bonds is 6. The van der Waals surface area contributed by atoms with Crippen LogP contribution in [0.5, 0.6) is 5.75 Å². The van der Waals surface area contributed by atoms with Crippen LogP contribution in [0.1, 0.15) is 17.2 Å². The lowest BCUT2D eigenvalue weighted by atomic mass is 9.95. The molecule has 28 heavy (non-hydrogen) atoms. The minimum absolute atomic E-state index is 0.198. The number of nitrogens with zero attached hydrogens (tertiary/aromatic N) is 2. The highest BCUT2D eigenvalue weighted by Crippen LogP contribution is 2.44. The third-order valence-corrected chi connectivity index (χ3v) is 6.11. The van der Waals surface area contributed by atoms with Crippen molar-refractivity contribution in [3.63, 3.8) is 0 Å². The van der Waals surface area contributed by atoms with Crippen LogP contribution in [0.2, 0.25) is 19.6 Å². The molecule has 1 unspecified atom stereocenters. The molecule has 2 aromatic carbocycles. The molecular formula is C22H30N2O3Si. The Morgan fingerprint density at radius 3 is 2.39 bits per heavy atom. The Hall–Kier alpha value is -1.70. The first-order valence-corrected chi connectivity index (χ1v) is 13.4. The first kappa shape index (κ1) is 19.6. The molecular weight excluding hydrogens is 368 g/mol. The van der Waals surface area contributed by atoms with E-state index < -0.39 is 8.32 Å². The van der Waals surface area contributed by atoms with Gasteiger partial charge in [-0.2, -0.15) is 0 Å². The van der Waals surface area contributed by atoms with Crippen molar-refractivity contribution < 1.29 is 14.1 Å². The van der Waals surface area contributed by atoms with E-state index in [1.165, 1.54) is 11.1 Å². The van der Waals surface area contributed by atoms with E-state index in [1.54, 1.807) is 7.11 Å². The van der Waals surface area contributed by atoms with E-state index in [-0.39, 0.29) is 12.1 Å².